The quantitative estimate of drug-likeness (QED) is 0.662. The maximum absolute atomic E-state index is 6.01. The Bertz CT molecular complexity index is 279. The van der Waals surface area contributed by atoms with Crippen molar-refractivity contribution in [3.8, 4) is 0 Å². The van der Waals surface area contributed by atoms with Gasteiger partial charge in [-0.25, -0.2) is 0 Å². The predicted octanol–water partition coefficient (Wildman–Crippen LogP) is 4.70. The van der Waals surface area contributed by atoms with Gasteiger partial charge in [-0.3, -0.25) is 0 Å². The lowest BCUT2D eigenvalue weighted by atomic mass is 10.2. The summed E-state index contributed by atoms with van der Waals surface area (Å²) < 4.78 is 5.51. The van der Waals surface area contributed by atoms with Gasteiger partial charge < -0.3 is 4.74 Å². The number of unbranched alkanes of at least 4 members (excludes halogenated alkanes) is 2. The molecule has 0 spiro atoms. The molecular formula is C12H16Cl2O. The van der Waals surface area contributed by atoms with Crippen molar-refractivity contribution >= 4 is 23.2 Å². The van der Waals surface area contributed by atoms with E-state index in [9.17, 15) is 0 Å². The molecule has 0 unspecified atom stereocenters. The summed E-state index contributed by atoms with van der Waals surface area (Å²) in [7, 11) is 0. The molecule has 0 fully saturated rings. The Morgan fingerprint density at radius 3 is 2.40 bits per heavy atom. The Balaban J connectivity index is 2.37. The Hall–Kier alpha value is -0.240. The van der Waals surface area contributed by atoms with Crippen LogP contribution in [0.2, 0.25) is 10.0 Å². The van der Waals surface area contributed by atoms with E-state index in [1.807, 2.05) is 18.2 Å². The summed E-state index contributed by atoms with van der Waals surface area (Å²) in [4.78, 5) is 0. The maximum Gasteiger partial charge on any atom is 0.0746 e. The van der Waals surface area contributed by atoms with Crippen LogP contribution in [0, 0.1) is 0 Å². The fraction of sp³-hybridized carbons (Fsp3) is 0.500. The second-order valence-corrected chi connectivity index (χ2v) is 4.27. The number of halogens is 2. The van der Waals surface area contributed by atoms with Crippen LogP contribution in [0.5, 0.6) is 0 Å². The third-order valence-corrected chi connectivity index (χ3v) is 2.91. The van der Waals surface area contributed by atoms with Crippen molar-refractivity contribution in [1.82, 2.24) is 0 Å². The van der Waals surface area contributed by atoms with Crippen LogP contribution < -0.4 is 0 Å². The van der Waals surface area contributed by atoms with Gasteiger partial charge in [-0.1, -0.05) is 49.0 Å². The molecule has 0 saturated heterocycles. The molecule has 0 aliphatic heterocycles. The standard InChI is InChI=1S/C12H16Cl2O/c1-2-3-4-8-15-9-10-11(13)6-5-7-12(10)14/h5-7H,2-4,8-9H2,1H3. The van der Waals surface area contributed by atoms with Gasteiger partial charge in [-0.05, 0) is 18.6 Å². The van der Waals surface area contributed by atoms with E-state index in [-0.39, 0.29) is 0 Å². The molecule has 0 atom stereocenters. The maximum atomic E-state index is 6.01. The topological polar surface area (TPSA) is 9.23 Å². The third-order valence-electron chi connectivity index (χ3n) is 2.20. The monoisotopic (exact) mass is 246 g/mol. The molecule has 1 aromatic rings. The first-order valence-corrected chi connectivity index (χ1v) is 6.02. The summed E-state index contributed by atoms with van der Waals surface area (Å²) in [5, 5.41) is 1.36. The highest BCUT2D eigenvalue weighted by molar-refractivity contribution is 6.35. The van der Waals surface area contributed by atoms with E-state index in [0.717, 1.165) is 18.6 Å². The second kappa shape index (κ2) is 7.10. The first-order chi connectivity index (χ1) is 7.25. The van der Waals surface area contributed by atoms with Crippen LogP contribution >= 0.6 is 23.2 Å². The minimum absolute atomic E-state index is 0.502. The van der Waals surface area contributed by atoms with Crippen LogP contribution in [-0.2, 0) is 11.3 Å². The molecule has 1 aromatic carbocycles. The summed E-state index contributed by atoms with van der Waals surface area (Å²) >= 11 is 12.0. The van der Waals surface area contributed by atoms with Crippen molar-refractivity contribution in [2.45, 2.75) is 32.8 Å². The molecule has 0 saturated carbocycles. The third kappa shape index (κ3) is 4.42. The fourth-order valence-corrected chi connectivity index (χ4v) is 1.81. The van der Waals surface area contributed by atoms with E-state index in [4.69, 9.17) is 27.9 Å². The van der Waals surface area contributed by atoms with Crippen LogP contribution in [-0.4, -0.2) is 6.61 Å². The highest BCUT2D eigenvalue weighted by atomic mass is 35.5. The van der Waals surface area contributed by atoms with Crippen molar-refractivity contribution in [3.63, 3.8) is 0 Å². The van der Waals surface area contributed by atoms with E-state index in [1.165, 1.54) is 12.8 Å². The smallest absolute Gasteiger partial charge is 0.0746 e. The predicted molar refractivity (Wildman–Crippen MR) is 65.6 cm³/mol. The Labute approximate surface area is 101 Å². The zero-order valence-corrected chi connectivity index (χ0v) is 10.4. The average Bonchev–Trinajstić information content (AvgIpc) is 2.21. The van der Waals surface area contributed by atoms with Gasteiger partial charge in [0, 0.05) is 22.2 Å². The summed E-state index contributed by atoms with van der Waals surface area (Å²) in [6, 6.07) is 5.50. The largest absolute Gasteiger partial charge is 0.377 e. The summed E-state index contributed by atoms with van der Waals surface area (Å²) in [5.74, 6) is 0. The van der Waals surface area contributed by atoms with Gasteiger partial charge in [0.05, 0.1) is 6.61 Å². The summed E-state index contributed by atoms with van der Waals surface area (Å²) in [6.45, 7) is 3.45. The molecule has 1 rings (SSSR count). The molecular weight excluding hydrogens is 231 g/mol. The molecule has 0 aliphatic rings. The van der Waals surface area contributed by atoms with Gasteiger partial charge in [0.2, 0.25) is 0 Å². The lowest BCUT2D eigenvalue weighted by Gasteiger charge is -2.07. The van der Waals surface area contributed by atoms with Crippen LogP contribution in [0.3, 0.4) is 0 Å². The average molecular weight is 247 g/mol. The molecule has 0 aromatic heterocycles. The van der Waals surface area contributed by atoms with E-state index in [2.05, 4.69) is 6.92 Å². The van der Waals surface area contributed by atoms with Crippen LogP contribution in [0.1, 0.15) is 31.7 Å². The van der Waals surface area contributed by atoms with Crippen LogP contribution in [0.15, 0.2) is 18.2 Å². The van der Waals surface area contributed by atoms with E-state index < -0.39 is 0 Å². The normalized spacial score (nSPS) is 10.6. The van der Waals surface area contributed by atoms with Crippen LogP contribution in [0.25, 0.3) is 0 Å². The van der Waals surface area contributed by atoms with Gasteiger partial charge in [0.25, 0.3) is 0 Å². The Morgan fingerprint density at radius 1 is 1.13 bits per heavy atom. The highest BCUT2D eigenvalue weighted by Crippen LogP contribution is 2.24. The minimum Gasteiger partial charge on any atom is -0.377 e. The highest BCUT2D eigenvalue weighted by Gasteiger charge is 2.04. The molecule has 0 heterocycles. The van der Waals surface area contributed by atoms with Gasteiger partial charge in [-0.2, -0.15) is 0 Å². The van der Waals surface area contributed by atoms with E-state index >= 15 is 0 Å². The van der Waals surface area contributed by atoms with Crippen molar-refractivity contribution in [3.05, 3.63) is 33.8 Å². The number of ether oxygens (including phenoxy) is 1. The number of hydrogen-bond donors (Lipinski definition) is 0. The molecule has 0 radical (unpaired) electrons. The zero-order chi connectivity index (χ0) is 11.1. The summed E-state index contributed by atoms with van der Waals surface area (Å²) in [6.07, 6.45) is 3.50. The van der Waals surface area contributed by atoms with Gasteiger partial charge >= 0.3 is 0 Å². The Kier molecular flexibility index (Phi) is 6.07. The summed E-state index contributed by atoms with van der Waals surface area (Å²) in [5.41, 5.74) is 0.886. The first kappa shape index (κ1) is 12.8. The van der Waals surface area contributed by atoms with Crippen molar-refractivity contribution in [2.24, 2.45) is 0 Å². The van der Waals surface area contributed by atoms with Crippen molar-refractivity contribution < 1.29 is 4.74 Å². The molecule has 1 nitrogen and oxygen atoms in total. The Morgan fingerprint density at radius 2 is 1.80 bits per heavy atom. The lowest BCUT2D eigenvalue weighted by molar-refractivity contribution is 0.117. The molecule has 84 valence electrons. The number of hydrogen-bond acceptors (Lipinski definition) is 1. The van der Waals surface area contributed by atoms with Gasteiger partial charge in [-0.15, -0.1) is 0 Å². The molecule has 3 heteroatoms. The SMILES string of the molecule is CCCCCOCc1c(Cl)cccc1Cl. The molecule has 15 heavy (non-hydrogen) atoms. The molecule has 0 amide bonds. The van der Waals surface area contributed by atoms with Gasteiger partial charge in [0.1, 0.15) is 0 Å². The van der Waals surface area contributed by atoms with E-state index in [1.54, 1.807) is 0 Å². The van der Waals surface area contributed by atoms with Gasteiger partial charge in [0.15, 0.2) is 0 Å². The molecule has 0 N–H and O–H groups in total. The molecule has 0 bridgehead atoms. The number of rotatable bonds is 6. The molecule has 0 aliphatic carbocycles. The van der Waals surface area contributed by atoms with E-state index in [0.29, 0.717) is 16.7 Å². The first-order valence-electron chi connectivity index (χ1n) is 5.26. The van der Waals surface area contributed by atoms with Crippen molar-refractivity contribution in [2.75, 3.05) is 6.61 Å². The minimum atomic E-state index is 0.502. The second-order valence-electron chi connectivity index (χ2n) is 3.46. The lowest BCUT2D eigenvalue weighted by Crippen LogP contribution is -1.96. The number of benzene rings is 1. The zero-order valence-electron chi connectivity index (χ0n) is 8.93. The fourth-order valence-electron chi connectivity index (χ4n) is 1.30. The van der Waals surface area contributed by atoms with Crippen molar-refractivity contribution in [1.29, 1.82) is 0 Å². The van der Waals surface area contributed by atoms with Crippen LogP contribution in [0.4, 0.5) is 0 Å².